The molecular weight excluding hydrogens is 492 g/mol. The minimum atomic E-state index is -3.65. The summed E-state index contributed by atoms with van der Waals surface area (Å²) in [6, 6.07) is 19.0. The van der Waals surface area contributed by atoms with Crippen molar-refractivity contribution >= 4 is 32.7 Å². The fourth-order valence-corrected chi connectivity index (χ4v) is 6.05. The second-order valence-corrected chi connectivity index (χ2v) is 10.8. The lowest BCUT2D eigenvalue weighted by atomic mass is 9.97. The van der Waals surface area contributed by atoms with Gasteiger partial charge >= 0.3 is 0 Å². The van der Waals surface area contributed by atoms with Gasteiger partial charge in [-0.05, 0) is 67.4 Å². The van der Waals surface area contributed by atoms with Gasteiger partial charge in [0.25, 0.3) is 5.91 Å². The van der Waals surface area contributed by atoms with Crippen LogP contribution in [0.25, 0.3) is 11.0 Å². The van der Waals surface area contributed by atoms with E-state index in [9.17, 15) is 13.2 Å². The van der Waals surface area contributed by atoms with Crippen molar-refractivity contribution in [2.24, 2.45) is 0 Å². The lowest BCUT2D eigenvalue weighted by molar-refractivity contribution is 0.102. The zero-order chi connectivity index (χ0) is 26.0. The molecular formula is C27H28N4O5S. The lowest BCUT2D eigenvalue weighted by Gasteiger charge is -2.30. The second-order valence-electron chi connectivity index (χ2n) is 8.87. The van der Waals surface area contributed by atoms with Crippen LogP contribution in [0.2, 0.25) is 0 Å². The number of rotatable bonds is 7. The Labute approximate surface area is 215 Å². The number of sulfonamides is 1. The molecule has 0 atom stereocenters. The van der Waals surface area contributed by atoms with Crippen LogP contribution in [0.4, 0.5) is 5.69 Å². The monoisotopic (exact) mass is 520 g/mol. The molecule has 37 heavy (non-hydrogen) atoms. The molecule has 4 aromatic rings. The average Bonchev–Trinajstić information content (AvgIpc) is 3.37. The molecule has 1 saturated heterocycles. The molecule has 1 aromatic heterocycles. The molecule has 0 bridgehead atoms. The molecule has 2 heterocycles. The number of benzene rings is 3. The van der Waals surface area contributed by atoms with E-state index in [2.05, 4.69) is 15.3 Å². The number of imidazole rings is 1. The highest BCUT2D eigenvalue weighted by Gasteiger charge is 2.31. The Morgan fingerprint density at radius 1 is 0.973 bits per heavy atom. The first-order valence-corrected chi connectivity index (χ1v) is 13.4. The number of hydrogen-bond donors (Lipinski definition) is 2. The highest BCUT2D eigenvalue weighted by molar-refractivity contribution is 7.89. The van der Waals surface area contributed by atoms with Crippen LogP contribution in [0.1, 0.15) is 34.9 Å². The number of hydrogen-bond acceptors (Lipinski definition) is 6. The van der Waals surface area contributed by atoms with Gasteiger partial charge in [0, 0.05) is 30.3 Å². The van der Waals surface area contributed by atoms with E-state index in [4.69, 9.17) is 9.47 Å². The molecule has 3 aromatic carbocycles. The summed E-state index contributed by atoms with van der Waals surface area (Å²) >= 11 is 0. The molecule has 1 fully saturated rings. The summed E-state index contributed by atoms with van der Waals surface area (Å²) in [6.07, 6.45) is 1.39. The Morgan fingerprint density at radius 3 is 2.35 bits per heavy atom. The van der Waals surface area contributed by atoms with Gasteiger partial charge in [0.1, 0.15) is 5.82 Å². The van der Waals surface area contributed by atoms with Crippen molar-refractivity contribution in [2.45, 2.75) is 23.7 Å². The van der Waals surface area contributed by atoms with Gasteiger partial charge in [-0.2, -0.15) is 4.31 Å². The second kappa shape index (κ2) is 10.2. The third-order valence-electron chi connectivity index (χ3n) is 6.64. The normalized spacial score (nSPS) is 15.0. The molecule has 1 aliphatic heterocycles. The van der Waals surface area contributed by atoms with E-state index in [0.29, 0.717) is 48.7 Å². The van der Waals surface area contributed by atoms with Gasteiger partial charge in [0.2, 0.25) is 10.0 Å². The first-order valence-electron chi connectivity index (χ1n) is 12.0. The number of fused-ring (bicyclic) bond motifs is 1. The van der Waals surface area contributed by atoms with Gasteiger partial charge in [-0.25, -0.2) is 13.4 Å². The van der Waals surface area contributed by atoms with E-state index >= 15 is 0 Å². The molecule has 192 valence electrons. The topological polar surface area (TPSA) is 114 Å². The summed E-state index contributed by atoms with van der Waals surface area (Å²) in [5.74, 6) is 1.72. The van der Waals surface area contributed by atoms with Crippen LogP contribution in [0.5, 0.6) is 11.5 Å². The maximum atomic E-state index is 13.2. The fourth-order valence-electron chi connectivity index (χ4n) is 4.58. The summed E-state index contributed by atoms with van der Waals surface area (Å²) in [4.78, 5) is 20.9. The molecule has 1 amide bonds. The van der Waals surface area contributed by atoms with E-state index < -0.39 is 10.0 Å². The van der Waals surface area contributed by atoms with Crippen LogP contribution >= 0.6 is 0 Å². The Hall–Kier alpha value is -3.89. The number of amides is 1. The SMILES string of the molecule is COc1ccc(C(=O)Nc2ccc(S(=O)(=O)N3CCC(c4nc5ccccc5[nH]4)CC3)cc2)cc1OC. The van der Waals surface area contributed by atoms with Crippen molar-refractivity contribution < 1.29 is 22.7 Å². The van der Waals surface area contributed by atoms with Gasteiger partial charge in [-0.3, -0.25) is 4.79 Å². The fraction of sp³-hybridized carbons (Fsp3) is 0.259. The number of H-pyrrole nitrogens is 1. The number of nitrogens with one attached hydrogen (secondary N) is 2. The van der Waals surface area contributed by atoms with Crippen molar-refractivity contribution in [1.29, 1.82) is 0 Å². The number of carbonyl (C=O) groups is 1. The summed E-state index contributed by atoms with van der Waals surface area (Å²) in [7, 11) is -0.623. The van der Waals surface area contributed by atoms with Gasteiger partial charge < -0.3 is 19.8 Å². The summed E-state index contributed by atoms with van der Waals surface area (Å²) in [5, 5.41) is 2.79. The quantitative estimate of drug-likeness (QED) is 0.373. The Bertz CT molecular complexity index is 1490. The number of carbonyl (C=O) groups excluding carboxylic acids is 1. The number of methoxy groups -OCH3 is 2. The van der Waals surface area contributed by atoms with Crippen molar-refractivity contribution in [3.8, 4) is 11.5 Å². The predicted octanol–water partition coefficient (Wildman–Crippen LogP) is 4.40. The summed E-state index contributed by atoms with van der Waals surface area (Å²) < 4.78 is 38.5. The number of ether oxygens (including phenoxy) is 2. The van der Waals surface area contributed by atoms with Crippen molar-refractivity contribution in [3.63, 3.8) is 0 Å². The average molecular weight is 521 g/mol. The number of anilines is 1. The number of piperidine rings is 1. The van der Waals surface area contributed by atoms with Gasteiger partial charge in [0.05, 0.1) is 30.1 Å². The minimum Gasteiger partial charge on any atom is -0.493 e. The highest BCUT2D eigenvalue weighted by atomic mass is 32.2. The largest absolute Gasteiger partial charge is 0.493 e. The number of aromatic amines is 1. The molecule has 0 saturated carbocycles. The minimum absolute atomic E-state index is 0.188. The van der Waals surface area contributed by atoms with Crippen LogP contribution in [-0.2, 0) is 10.0 Å². The summed E-state index contributed by atoms with van der Waals surface area (Å²) in [5.41, 5.74) is 2.79. The van der Waals surface area contributed by atoms with E-state index in [1.807, 2.05) is 24.3 Å². The zero-order valence-electron chi connectivity index (χ0n) is 20.6. The molecule has 9 nitrogen and oxygen atoms in total. The maximum absolute atomic E-state index is 13.2. The molecule has 5 rings (SSSR count). The van der Waals surface area contributed by atoms with Crippen LogP contribution in [0.3, 0.4) is 0 Å². The lowest BCUT2D eigenvalue weighted by Crippen LogP contribution is -2.38. The Kier molecular flexibility index (Phi) is 6.86. The molecule has 0 unspecified atom stereocenters. The summed E-state index contributed by atoms with van der Waals surface area (Å²) in [6.45, 7) is 0.837. The van der Waals surface area contributed by atoms with E-state index in [-0.39, 0.29) is 16.7 Å². The highest BCUT2D eigenvalue weighted by Crippen LogP contribution is 2.31. The number of nitrogens with zero attached hydrogens (tertiary/aromatic N) is 2. The third kappa shape index (κ3) is 5.03. The first kappa shape index (κ1) is 24.8. The molecule has 2 N–H and O–H groups in total. The van der Waals surface area contributed by atoms with Crippen molar-refractivity contribution in [2.75, 3.05) is 32.6 Å². The Morgan fingerprint density at radius 2 is 1.68 bits per heavy atom. The molecule has 1 aliphatic rings. The van der Waals surface area contributed by atoms with Crippen LogP contribution in [0.15, 0.2) is 71.6 Å². The molecule has 10 heteroatoms. The maximum Gasteiger partial charge on any atom is 0.255 e. The van der Waals surface area contributed by atoms with Gasteiger partial charge in [-0.1, -0.05) is 12.1 Å². The standard InChI is InChI=1S/C27H28N4O5S/c1-35-24-12-7-19(17-25(24)36-2)27(32)28-20-8-10-21(11-9-20)37(33,34)31-15-13-18(14-16-31)26-29-22-5-3-4-6-23(22)30-26/h3-12,17-18H,13-16H2,1-2H3,(H,28,32)(H,29,30). The predicted molar refractivity (Wildman–Crippen MR) is 141 cm³/mol. The van der Waals surface area contributed by atoms with Gasteiger partial charge in [0.15, 0.2) is 11.5 Å². The first-order chi connectivity index (χ1) is 17.9. The van der Waals surface area contributed by atoms with E-state index in [0.717, 1.165) is 16.9 Å². The van der Waals surface area contributed by atoms with Crippen molar-refractivity contribution in [1.82, 2.24) is 14.3 Å². The van der Waals surface area contributed by atoms with Crippen molar-refractivity contribution in [3.05, 3.63) is 78.1 Å². The van der Waals surface area contributed by atoms with E-state index in [1.165, 1.54) is 30.7 Å². The number of aromatic nitrogens is 2. The Balaban J connectivity index is 1.23. The van der Waals surface area contributed by atoms with Crippen LogP contribution in [-0.4, -0.2) is 55.9 Å². The zero-order valence-corrected chi connectivity index (χ0v) is 21.4. The van der Waals surface area contributed by atoms with Crippen LogP contribution < -0.4 is 14.8 Å². The third-order valence-corrected chi connectivity index (χ3v) is 8.56. The molecule has 0 radical (unpaired) electrons. The number of para-hydroxylation sites is 2. The molecule has 0 spiro atoms. The smallest absolute Gasteiger partial charge is 0.255 e. The van der Waals surface area contributed by atoms with Gasteiger partial charge in [-0.15, -0.1) is 0 Å². The molecule has 0 aliphatic carbocycles. The van der Waals surface area contributed by atoms with E-state index in [1.54, 1.807) is 30.3 Å². The van der Waals surface area contributed by atoms with Crippen LogP contribution in [0, 0.1) is 0 Å².